The molecule has 0 fully saturated rings. The zero-order valence-corrected chi connectivity index (χ0v) is 12.2. The lowest BCUT2D eigenvalue weighted by molar-refractivity contribution is 0.546. The van der Waals surface area contributed by atoms with Crippen LogP contribution in [0.4, 0.5) is 0 Å². The molecule has 0 aliphatic rings. The van der Waals surface area contributed by atoms with Crippen molar-refractivity contribution in [2.45, 2.75) is 24.7 Å². The molecule has 0 saturated heterocycles. The molecule has 1 aromatic rings. The Hall–Kier alpha value is -0.350. The third-order valence-electron chi connectivity index (χ3n) is 2.93. The van der Waals surface area contributed by atoms with Gasteiger partial charge >= 0.3 is 0 Å². The fourth-order valence-corrected chi connectivity index (χ4v) is 2.67. The lowest BCUT2D eigenvalue weighted by atomic mass is 9.90. The molecule has 2 unspecified atom stereocenters. The quantitative estimate of drug-likeness (QED) is 0.800. The Morgan fingerprint density at radius 3 is 2.06 bits per heavy atom. The first-order valence-corrected chi connectivity index (χ1v) is 8.23. The van der Waals surface area contributed by atoms with Gasteiger partial charge in [0.2, 0.25) is 0 Å². The highest BCUT2D eigenvalue weighted by Gasteiger charge is 2.14. The van der Waals surface area contributed by atoms with Crippen LogP contribution in [0.2, 0.25) is 0 Å². The lowest BCUT2D eigenvalue weighted by Crippen LogP contribution is -2.07. The highest BCUT2D eigenvalue weighted by atomic mass is 79.9. The van der Waals surface area contributed by atoms with Crippen molar-refractivity contribution in [2.75, 3.05) is 11.6 Å². The molecule has 0 aliphatic carbocycles. The van der Waals surface area contributed by atoms with Gasteiger partial charge in [-0.2, -0.15) is 0 Å². The monoisotopic (exact) mass is 304 g/mol. The van der Waals surface area contributed by atoms with Crippen LogP contribution < -0.4 is 0 Å². The number of hydrogen-bond acceptors (Lipinski definition) is 2. The second-order valence-corrected chi connectivity index (χ2v) is 6.92. The zero-order chi connectivity index (χ0) is 12.3. The molecule has 0 aromatic heterocycles. The molecule has 16 heavy (non-hydrogen) atoms. The van der Waals surface area contributed by atoms with Gasteiger partial charge in [-0.25, -0.2) is 8.42 Å². The number of halogens is 1. The summed E-state index contributed by atoms with van der Waals surface area (Å²) in [4.78, 5) is 0.384. The van der Waals surface area contributed by atoms with Gasteiger partial charge in [0.05, 0.1) is 4.90 Å². The fourth-order valence-electron chi connectivity index (χ4n) is 1.48. The predicted molar refractivity (Wildman–Crippen MR) is 70.9 cm³/mol. The smallest absolute Gasteiger partial charge is 0.175 e. The van der Waals surface area contributed by atoms with Crippen LogP contribution in [-0.4, -0.2) is 20.0 Å². The largest absolute Gasteiger partial charge is 0.224 e. The van der Waals surface area contributed by atoms with E-state index in [-0.39, 0.29) is 0 Å². The van der Waals surface area contributed by atoms with Crippen molar-refractivity contribution in [2.24, 2.45) is 5.92 Å². The first-order chi connectivity index (χ1) is 7.36. The topological polar surface area (TPSA) is 34.1 Å². The van der Waals surface area contributed by atoms with Gasteiger partial charge in [-0.3, -0.25) is 0 Å². The summed E-state index contributed by atoms with van der Waals surface area (Å²) in [5.41, 5.74) is 1.18. The summed E-state index contributed by atoms with van der Waals surface area (Å²) in [6.45, 7) is 4.32. The van der Waals surface area contributed by atoms with E-state index in [1.807, 2.05) is 12.1 Å². The SMILES string of the molecule is CC(CBr)C(C)c1ccc(S(C)(=O)=O)cc1. The van der Waals surface area contributed by atoms with Gasteiger partial charge in [0.15, 0.2) is 9.84 Å². The normalized spacial score (nSPS) is 15.8. The summed E-state index contributed by atoms with van der Waals surface area (Å²) in [6.07, 6.45) is 1.23. The average molecular weight is 305 g/mol. The molecule has 0 bridgehead atoms. The van der Waals surface area contributed by atoms with E-state index in [4.69, 9.17) is 0 Å². The van der Waals surface area contributed by atoms with Crippen molar-refractivity contribution < 1.29 is 8.42 Å². The Labute approximate surface area is 106 Å². The third kappa shape index (κ3) is 3.32. The van der Waals surface area contributed by atoms with Crippen molar-refractivity contribution in [1.29, 1.82) is 0 Å². The molecule has 1 rings (SSSR count). The average Bonchev–Trinajstić information content (AvgIpc) is 2.26. The van der Waals surface area contributed by atoms with Crippen LogP contribution in [0.3, 0.4) is 0 Å². The highest BCUT2D eigenvalue weighted by Crippen LogP contribution is 2.26. The van der Waals surface area contributed by atoms with Crippen LogP contribution in [0.15, 0.2) is 29.2 Å². The second-order valence-electron chi connectivity index (χ2n) is 4.26. The van der Waals surface area contributed by atoms with E-state index in [2.05, 4.69) is 29.8 Å². The van der Waals surface area contributed by atoms with Gasteiger partial charge in [0.25, 0.3) is 0 Å². The number of sulfone groups is 1. The van der Waals surface area contributed by atoms with Gasteiger partial charge in [-0.1, -0.05) is 41.9 Å². The van der Waals surface area contributed by atoms with Crippen molar-refractivity contribution >= 4 is 25.8 Å². The number of rotatable bonds is 4. The van der Waals surface area contributed by atoms with Crippen LogP contribution in [0.25, 0.3) is 0 Å². The van der Waals surface area contributed by atoms with Crippen LogP contribution in [0.5, 0.6) is 0 Å². The second kappa shape index (κ2) is 5.32. The Morgan fingerprint density at radius 1 is 1.19 bits per heavy atom. The van der Waals surface area contributed by atoms with Gasteiger partial charge in [0, 0.05) is 11.6 Å². The van der Waals surface area contributed by atoms with Gasteiger partial charge in [-0.05, 0) is 29.5 Å². The van der Waals surface area contributed by atoms with E-state index in [9.17, 15) is 8.42 Å². The van der Waals surface area contributed by atoms with Crippen molar-refractivity contribution in [3.05, 3.63) is 29.8 Å². The van der Waals surface area contributed by atoms with Crippen molar-refractivity contribution in [1.82, 2.24) is 0 Å². The fraction of sp³-hybridized carbons (Fsp3) is 0.500. The molecule has 0 aliphatic heterocycles. The summed E-state index contributed by atoms with van der Waals surface area (Å²) in [5.74, 6) is 0.956. The molecular weight excluding hydrogens is 288 g/mol. The minimum atomic E-state index is -3.08. The molecule has 0 amide bonds. The van der Waals surface area contributed by atoms with E-state index in [1.165, 1.54) is 11.8 Å². The van der Waals surface area contributed by atoms with E-state index < -0.39 is 9.84 Å². The van der Waals surface area contributed by atoms with Crippen molar-refractivity contribution in [3.63, 3.8) is 0 Å². The number of alkyl halides is 1. The summed E-state index contributed by atoms with van der Waals surface area (Å²) in [7, 11) is -3.08. The Morgan fingerprint density at radius 2 is 1.69 bits per heavy atom. The first kappa shape index (κ1) is 13.7. The lowest BCUT2D eigenvalue weighted by Gasteiger charge is -2.18. The molecule has 90 valence electrons. The standard InChI is InChI=1S/C12H17BrO2S/c1-9(8-13)10(2)11-4-6-12(7-5-11)16(3,14)15/h4-7,9-10H,8H2,1-3H3. The van der Waals surface area contributed by atoms with E-state index in [1.54, 1.807) is 12.1 Å². The van der Waals surface area contributed by atoms with Crippen LogP contribution >= 0.6 is 15.9 Å². The zero-order valence-electron chi connectivity index (χ0n) is 9.77. The van der Waals surface area contributed by atoms with Crippen molar-refractivity contribution in [3.8, 4) is 0 Å². The highest BCUT2D eigenvalue weighted by molar-refractivity contribution is 9.09. The van der Waals surface area contributed by atoms with Crippen LogP contribution in [0.1, 0.15) is 25.3 Å². The predicted octanol–water partition coefficient (Wildman–Crippen LogP) is 3.22. The molecule has 0 N–H and O–H groups in total. The van der Waals surface area contributed by atoms with Crippen LogP contribution in [-0.2, 0) is 9.84 Å². The van der Waals surface area contributed by atoms with Gasteiger partial charge < -0.3 is 0 Å². The molecule has 4 heteroatoms. The summed E-state index contributed by atoms with van der Waals surface area (Å²) < 4.78 is 22.6. The molecule has 0 heterocycles. The van der Waals surface area contributed by atoms with E-state index in [0.29, 0.717) is 16.7 Å². The van der Waals surface area contributed by atoms with Gasteiger partial charge in [-0.15, -0.1) is 0 Å². The number of benzene rings is 1. The molecule has 1 aromatic carbocycles. The molecule has 0 spiro atoms. The summed E-state index contributed by atoms with van der Waals surface area (Å²) in [5, 5.41) is 0.946. The van der Waals surface area contributed by atoms with E-state index in [0.717, 1.165) is 5.33 Å². The maximum Gasteiger partial charge on any atom is 0.175 e. The Balaban J connectivity index is 2.96. The molecule has 0 saturated carbocycles. The van der Waals surface area contributed by atoms with E-state index >= 15 is 0 Å². The summed E-state index contributed by atoms with van der Waals surface area (Å²) in [6, 6.07) is 7.17. The molecule has 2 atom stereocenters. The first-order valence-electron chi connectivity index (χ1n) is 5.22. The van der Waals surface area contributed by atoms with Gasteiger partial charge in [0.1, 0.15) is 0 Å². The molecule has 0 radical (unpaired) electrons. The van der Waals surface area contributed by atoms with Crippen LogP contribution in [0, 0.1) is 5.92 Å². The minimum Gasteiger partial charge on any atom is -0.224 e. The maximum absolute atomic E-state index is 11.3. The molecule has 2 nitrogen and oxygen atoms in total. The third-order valence-corrected chi connectivity index (χ3v) is 5.08. The Bertz CT molecular complexity index is 437. The summed E-state index contributed by atoms with van der Waals surface area (Å²) >= 11 is 3.46. The maximum atomic E-state index is 11.3. The number of hydrogen-bond donors (Lipinski definition) is 0. The molecular formula is C12H17BrO2S. The Kier molecular flexibility index (Phi) is 4.56. The minimum absolute atomic E-state index is 0.384.